The summed E-state index contributed by atoms with van der Waals surface area (Å²) >= 11 is 0. The van der Waals surface area contributed by atoms with E-state index in [1.807, 2.05) is 0 Å². The number of hydrogen-bond donors (Lipinski definition) is 2. The number of carbonyl (C=O) groups excluding carboxylic acids is 1. The van der Waals surface area contributed by atoms with Crippen molar-refractivity contribution >= 4 is 11.9 Å². The van der Waals surface area contributed by atoms with Gasteiger partial charge >= 0.3 is 6.01 Å². The van der Waals surface area contributed by atoms with Gasteiger partial charge in [0.15, 0.2) is 0 Å². The number of rotatable bonds is 2. The van der Waals surface area contributed by atoms with Crippen molar-refractivity contribution in [1.82, 2.24) is 10.2 Å². The number of nitrogens with one attached hydrogen (secondary N) is 1. The van der Waals surface area contributed by atoms with Crippen LogP contribution in [0.25, 0.3) is 0 Å². The summed E-state index contributed by atoms with van der Waals surface area (Å²) in [6.07, 6.45) is 0. The average molecular weight is 274 g/mol. The molecule has 0 saturated carbocycles. The highest BCUT2D eigenvalue weighted by molar-refractivity contribution is 6.03. The summed E-state index contributed by atoms with van der Waals surface area (Å²) < 4.78 is 18.8. The zero-order chi connectivity index (χ0) is 14.5. The van der Waals surface area contributed by atoms with Crippen molar-refractivity contribution in [2.24, 2.45) is 5.73 Å². The number of nitrogens with zero attached hydrogens (tertiary/aromatic N) is 2. The van der Waals surface area contributed by atoms with Gasteiger partial charge in [-0.25, -0.2) is 4.39 Å². The second kappa shape index (κ2) is 5.95. The molecule has 0 bridgehead atoms. The molecule has 2 aromatic rings. The molecule has 1 aromatic carbocycles. The van der Waals surface area contributed by atoms with Crippen molar-refractivity contribution in [3.8, 4) is 11.8 Å². The molecule has 1 amide bonds. The average Bonchev–Trinajstić information content (AvgIpc) is 2.81. The number of aryl methyl sites for hydroxylation is 1. The minimum atomic E-state index is -0.692. The van der Waals surface area contributed by atoms with E-state index in [0.717, 1.165) is 6.07 Å². The fourth-order valence-electron chi connectivity index (χ4n) is 1.44. The number of benzene rings is 1. The number of halogens is 1. The third-order valence-corrected chi connectivity index (χ3v) is 2.29. The number of nitrogens with two attached hydrogens (primary N) is 1. The van der Waals surface area contributed by atoms with Crippen LogP contribution in [0.15, 0.2) is 22.6 Å². The van der Waals surface area contributed by atoms with Crippen LogP contribution in [-0.2, 0) is 0 Å². The summed E-state index contributed by atoms with van der Waals surface area (Å²) in [5.41, 5.74) is 5.53. The molecule has 0 aliphatic carbocycles. The van der Waals surface area contributed by atoms with Gasteiger partial charge in [-0.1, -0.05) is 16.9 Å². The van der Waals surface area contributed by atoms with Crippen molar-refractivity contribution in [1.29, 1.82) is 0 Å². The van der Waals surface area contributed by atoms with Gasteiger partial charge in [-0.2, -0.15) is 0 Å². The van der Waals surface area contributed by atoms with Gasteiger partial charge in [0, 0.05) is 12.5 Å². The molecule has 0 fully saturated rings. The summed E-state index contributed by atoms with van der Waals surface area (Å²) in [5, 5.41) is 9.45. The lowest BCUT2D eigenvalue weighted by Gasteiger charge is -2.02. The number of anilines is 1. The number of amides is 1. The summed E-state index contributed by atoms with van der Waals surface area (Å²) in [7, 11) is 0. The highest BCUT2D eigenvalue weighted by Gasteiger charge is 2.14. The fourth-order valence-corrected chi connectivity index (χ4v) is 1.44. The smallest absolute Gasteiger partial charge is 0.322 e. The zero-order valence-corrected chi connectivity index (χ0v) is 10.6. The quantitative estimate of drug-likeness (QED) is 0.799. The molecule has 0 spiro atoms. The first-order valence-corrected chi connectivity index (χ1v) is 5.70. The van der Waals surface area contributed by atoms with Crippen LogP contribution in [0.1, 0.15) is 21.8 Å². The van der Waals surface area contributed by atoms with Gasteiger partial charge < -0.3 is 10.2 Å². The maximum atomic E-state index is 13.8. The minimum absolute atomic E-state index is 0.0844. The van der Waals surface area contributed by atoms with Gasteiger partial charge in [0.25, 0.3) is 5.91 Å². The van der Waals surface area contributed by atoms with Gasteiger partial charge in [-0.05, 0) is 18.2 Å². The van der Waals surface area contributed by atoms with Crippen molar-refractivity contribution in [3.05, 3.63) is 41.0 Å². The van der Waals surface area contributed by atoms with Crippen LogP contribution in [0, 0.1) is 24.6 Å². The SMILES string of the molecule is Cc1nnc(NC(=O)c2ccc(C#CCN)cc2F)o1. The summed E-state index contributed by atoms with van der Waals surface area (Å²) in [5.74, 6) is 4.21. The van der Waals surface area contributed by atoms with E-state index in [2.05, 4.69) is 27.4 Å². The molecular weight excluding hydrogens is 263 g/mol. The van der Waals surface area contributed by atoms with Gasteiger partial charge in [-0.15, -0.1) is 5.10 Å². The third kappa shape index (κ3) is 3.18. The zero-order valence-electron chi connectivity index (χ0n) is 10.6. The van der Waals surface area contributed by atoms with E-state index in [4.69, 9.17) is 10.2 Å². The molecule has 1 aromatic heterocycles. The second-order valence-corrected chi connectivity index (χ2v) is 3.78. The minimum Gasteiger partial charge on any atom is -0.408 e. The lowest BCUT2D eigenvalue weighted by molar-refractivity contribution is 0.102. The Morgan fingerprint density at radius 3 is 2.90 bits per heavy atom. The van der Waals surface area contributed by atoms with Crippen LogP contribution in [0.4, 0.5) is 10.4 Å². The molecule has 7 heteroatoms. The van der Waals surface area contributed by atoms with Crippen LogP contribution < -0.4 is 11.1 Å². The molecule has 6 nitrogen and oxygen atoms in total. The Kier molecular flexibility index (Phi) is 4.08. The lowest BCUT2D eigenvalue weighted by atomic mass is 10.1. The van der Waals surface area contributed by atoms with Crippen molar-refractivity contribution in [2.75, 3.05) is 11.9 Å². The molecule has 0 unspecified atom stereocenters. The van der Waals surface area contributed by atoms with E-state index < -0.39 is 11.7 Å². The standard InChI is InChI=1S/C13H11FN4O2/c1-8-17-18-13(20-8)16-12(19)10-5-4-9(3-2-6-15)7-11(10)14/h4-5,7H,6,15H2,1H3,(H,16,18,19). The number of hydrogen-bond acceptors (Lipinski definition) is 5. The molecule has 0 saturated heterocycles. The Labute approximate surface area is 114 Å². The summed E-state index contributed by atoms with van der Waals surface area (Å²) in [4.78, 5) is 11.8. The van der Waals surface area contributed by atoms with Crippen molar-refractivity contribution in [2.45, 2.75) is 6.92 Å². The van der Waals surface area contributed by atoms with Crippen LogP contribution in [0.5, 0.6) is 0 Å². The topological polar surface area (TPSA) is 94.0 Å². The van der Waals surface area contributed by atoms with E-state index in [1.165, 1.54) is 12.1 Å². The third-order valence-electron chi connectivity index (χ3n) is 2.29. The summed E-state index contributed by atoms with van der Waals surface area (Å²) in [6.45, 7) is 1.76. The van der Waals surface area contributed by atoms with Crippen LogP contribution in [-0.4, -0.2) is 22.6 Å². The first-order valence-electron chi connectivity index (χ1n) is 5.70. The molecule has 0 aliphatic heterocycles. The maximum Gasteiger partial charge on any atom is 0.322 e. The van der Waals surface area contributed by atoms with E-state index in [1.54, 1.807) is 6.92 Å². The Balaban J connectivity index is 2.18. The van der Waals surface area contributed by atoms with Crippen LogP contribution in [0.2, 0.25) is 0 Å². The highest BCUT2D eigenvalue weighted by atomic mass is 19.1. The van der Waals surface area contributed by atoms with Gasteiger partial charge in [0.1, 0.15) is 5.82 Å². The monoisotopic (exact) mass is 274 g/mol. The Morgan fingerprint density at radius 1 is 1.50 bits per heavy atom. The van der Waals surface area contributed by atoms with E-state index in [9.17, 15) is 9.18 Å². The first-order chi connectivity index (χ1) is 9.60. The molecule has 0 atom stereocenters. The predicted octanol–water partition coefficient (Wildman–Crippen LogP) is 1.08. The predicted molar refractivity (Wildman–Crippen MR) is 69.3 cm³/mol. The molecule has 2 rings (SSSR count). The highest BCUT2D eigenvalue weighted by Crippen LogP contribution is 2.12. The van der Waals surface area contributed by atoms with E-state index >= 15 is 0 Å². The molecule has 3 N–H and O–H groups in total. The fraction of sp³-hybridized carbons (Fsp3) is 0.154. The van der Waals surface area contributed by atoms with E-state index in [-0.39, 0.29) is 18.1 Å². The summed E-state index contributed by atoms with van der Waals surface area (Å²) in [6, 6.07) is 3.93. The number of aromatic nitrogens is 2. The van der Waals surface area contributed by atoms with Gasteiger partial charge in [0.05, 0.1) is 12.1 Å². The number of carbonyl (C=O) groups is 1. The van der Waals surface area contributed by atoms with Crippen LogP contribution >= 0.6 is 0 Å². The largest absolute Gasteiger partial charge is 0.408 e. The van der Waals surface area contributed by atoms with Crippen molar-refractivity contribution in [3.63, 3.8) is 0 Å². The lowest BCUT2D eigenvalue weighted by Crippen LogP contribution is -2.14. The molecule has 0 aliphatic rings. The maximum absolute atomic E-state index is 13.8. The Hall–Kier alpha value is -2.72. The Bertz CT molecular complexity index is 700. The van der Waals surface area contributed by atoms with Gasteiger partial charge in [0.2, 0.25) is 5.89 Å². The molecular formula is C13H11FN4O2. The van der Waals surface area contributed by atoms with Crippen LogP contribution in [0.3, 0.4) is 0 Å². The molecule has 102 valence electrons. The van der Waals surface area contributed by atoms with E-state index in [0.29, 0.717) is 11.5 Å². The first kappa shape index (κ1) is 13.7. The Morgan fingerprint density at radius 2 is 2.30 bits per heavy atom. The van der Waals surface area contributed by atoms with Crippen molar-refractivity contribution < 1.29 is 13.6 Å². The van der Waals surface area contributed by atoms with Gasteiger partial charge in [-0.3, -0.25) is 10.1 Å². The normalized spacial score (nSPS) is 9.75. The molecule has 0 radical (unpaired) electrons. The second-order valence-electron chi connectivity index (χ2n) is 3.78. The molecule has 20 heavy (non-hydrogen) atoms. The molecule has 1 heterocycles.